The first-order chi connectivity index (χ1) is 12.0. The third-order valence-corrected chi connectivity index (χ3v) is 2.75. The van der Waals surface area contributed by atoms with Crippen LogP contribution < -0.4 is 69.3 Å². The quantitative estimate of drug-likeness (QED) is 0.311. The molecule has 0 saturated heterocycles. The summed E-state index contributed by atoms with van der Waals surface area (Å²) in [5.74, 6) is -3.04. The average molecular weight is 402 g/mol. The van der Waals surface area contributed by atoms with Crippen LogP contribution in [0.3, 0.4) is 0 Å². The molecule has 0 aliphatic heterocycles. The van der Waals surface area contributed by atoms with E-state index in [0.29, 0.717) is 0 Å². The van der Waals surface area contributed by atoms with Gasteiger partial charge in [0.2, 0.25) is 0 Å². The Balaban J connectivity index is -0.000000158. The maximum Gasteiger partial charge on any atom is 1.00 e. The molecule has 0 aromatic heterocycles. The summed E-state index contributed by atoms with van der Waals surface area (Å²) in [6.07, 6.45) is 4.91. The Morgan fingerprint density at radius 2 is 1.19 bits per heavy atom. The molecule has 0 fully saturated rings. The molecule has 9 heteroatoms. The summed E-state index contributed by atoms with van der Waals surface area (Å²) in [4.78, 5) is 20.6. The molecular weight excluding hydrogens is 374 g/mol. The normalized spacial score (nSPS) is 8.59. The minimum absolute atomic E-state index is 0. The van der Waals surface area contributed by atoms with E-state index >= 15 is 0 Å². The predicted octanol–water partition coefficient (Wildman–Crippen LogP) is -6.00. The summed E-state index contributed by atoms with van der Waals surface area (Å²) < 4.78 is 5.31. The van der Waals surface area contributed by atoms with E-state index in [0.717, 1.165) is 25.3 Å². The number of carboxylic acids is 2. The monoisotopic (exact) mass is 402 g/mol. The van der Waals surface area contributed by atoms with Crippen LogP contribution in [-0.4, -0.2) is 48.6 Å². The Kier molecular flexibility index (Phi) is 33.3. The van der Waals surface area contributed by atoms with Gasteiger partial charge in [0.05, 0.1) is 25.2 Å². The molecule has 0 aliphatic rings. The SMILES string of the molecule is CCCCOCCCC.O=C([O-])c1ccccc1C(=O)[O-].OCCO.[Na+].[Na+]. The third-order valence-electron chi connectivity index (χ3n) is 2.75. The van der Waals surface area contributed by atoms with Crippen LogP contribution in [0.5, 0.6) is 0 Å². The zero-order valence-electron chi connectivity index (χ0n) is 16.9. The van der Waals surface area contributed by atoms with Gasteiger partial charge in [0, 0.05) is 24.3 Å². The van der Waals surface area contributed by atoms with Crippen LogP contribution in [0, 0.1) is 0 Å². The molecule has 1 aromatic carbocycles. The zero-order valence-corrected chi connectivity index (χ0v) is 20.9. The van der Waals surface area contributed by atoms with Crippen LogP contribution in [-0.2, 0) is 4.74 Å². The van der Waals surface area contributed by atoms with E-state index in [1.165, 1.54) is 37.8 Å². The maximum atomic E-state index is 10.3. The second-order valence-corrected chi connectivity index (χ2v) is 4.89. The summed E-state index contributed by atoms with van der Waals surface area (Å²) in [5.41, 5.74) is -0.727. The molecule has 0 amide bonds. The first-order valence-electron chi connectivity index (χ1n) is 8.27. The fourth-order valence-corrected chi connectivity index (χ4v) is 1.43. The maximum absolute atomic E-state index is 10.3. The second kappa shape index (κ2) is 26.0. The van der Waals surface area contributed by atoms with Crippen molar-refractivity contribution < 1.29 is 93.9 Å². The molecule has 0 radical (unpaired) electrons. The van der Waals surface area contributed by atoms with Crippen molar-refractivity contribution >= 4 is 11.9 Å². The molecular formula is C18H28Na2O7. The molecule has 0 atom stereocenters. The number of carbonyl (C=O) groups is 2. The van der Waals surface area contributed by atoms with Gasteiger partial charge in [-0.1, -0.05) is 51.0 Å². The largest absolute Gasteiger partial charge is 1.00 e. The van der Waals surface area contributed by atoms with E-state index in [-0.39, 0.29) is 83.5 Å². The summed E-state index contributed by atoms with van der Waals surface area (Å²) in [6, 6.07) is 5.14. The van der Waals surface area contributed by atoms with Crippen LogP contribution in [0.25, 0.3) is 0 Å². The van der Waals surface area contributed by atoms with Gasteiger partial charge in [-0.15, -0.1) is 0 Å². The van der Waals surface area contributed by atoms with Crippen molar-refractivity contribution in [2.24, 2.45) is 0 Å². The van der Waals surface area contributed by atoms with Crippen LogP contribution in [0.1, 0.15) is 60.2 Å². The Labute approximate surface area is 205 Å². The Bertz CT molecular complexity index is 430. The fraction of sp³-hybridized carbons (Fsp3) is 0.556. The van der Waals surface area contributed by atoms with Crippen LogP contribution in [0.2, 0.25) is 0 Å². The summed E-state index contributed by atoms with van der Waals surface area (Å²) in [5, 5.41) is 35.9. The predicted molar refractivity (Wildman–Crippen MR) is 89.9 cm³/mol. The molecule has 0 bridgehead atoms. The van der Waals surface area contributed by atoms with Crippen molar-refractivity contribution in [2.45, 2.75) is 39.5 Å². The van der Waals surface area contributed by atoms with Gasteiger partial charge < -0.3 is 34.8 Å². The summed E-state index contributed by atoms with van der Waals surface area (Å²) in [7, 11) is 0. The fourth-order valence-electron chi connectivity index (χ4n) is 1.43. The van der Waals surface area contributed by atoms with E-state index in [9.17, 15) is 19.8 Å². The second-order valence-electron chi connectivity index (χ2n) is 4.89. The molecule has 0 heterocycles. The first-order valence-corrected chi connectivity index (χ1v) is 8.27. The molecule has 7 nitrogen and oxygen atoms in total. The summed E-state index contributed by atoms with van der Waals surface area (Å²) >= 11 is 0. The number of aliphatic hydroxyl groups excluding tert-OH is 2. The van der Waals surface area contributed by atoms with E-state index in [1.54, 1.807) is 0 Å². The van der Waals surface area contributed by atoms with Crippen LogP contribution >= 0.6 is 0 Å². The number of carbonyl (C=O) groups excluding carboxylic acids is 2. The van der Waals surface area contributed by atoms with E-state index in [4.69, 9.17) is 14.9 Å². The first kappa shape index (κ1) is 34.5. The van der Waals surface area contributed by atoms with Gasteiger partial charge in [-0.25, -0.2) is 0 Å². The molecule has 0 unspecified atom stereocenters. The number of rotatable bonds is 9. The molecule has 0 spiro atoms. The number of benzene rings is 1. The van der Waals surface area contributed by atoms with Gasteiger partial charge in [0.1, 0.15) is 0 Å². The van der Waals surface area contributed by atoms with Gasteiger partial charge in [-0.05, 0) is 12.8 Å². The van der Waals surface area contributed by atoms with Gasteiger partial charge in [-0.2, -0.15) is 0 Å². The van der Waals surface area contributed by atoms with Crippen LogP contribution in [0.4, 0.5) is 0 Å². The van der Waals surface area contributed by atoms with E-state index in [1.807, 2.05) is 0 Å². The third kappa shape index (κ3) is 22.2. The van der Waals surface area contributed by atoms with Crippen molar-refractivity contribution in [1.82, 2.24) is 0 Å². The van der Waals surface area contributed by atoms with Crippen molar-refractivity contribution in [3.8, 4) is 0 Å². The van der Waals surface area contributed by atoms with Crippen molar-refractivity contribution in [3.05, 3.63) is 35.4 Å². The van der Waals surface area contributed by atoms with Gasteiger partial charge >= 0.3 is 59.1 Å². The number of aliphatic hydroxyl groups is 2. The van der Waals surface area contributed by atoms with E-state index in [2.05, 4.69) is 13.8 Å². The number of hydrogen-bond donors (Lipinski definition) is 2. The number of hydrogen-bond acceptors (Lipinski definition) is 7. The minimum atomic E-state index is -1.52. The molecule has 0 saturated carbocycles. The van der Waals surface area contributed by atoms with Gasteiger partial charge in [-0.3, -0.25) is 0 Å². The molecule has 144 valence electrons. The number of ether oxygens (including phenoxy) is 1. The molecule has 1 aromatic rings. The minimum Gasteiger partial charge on any atom is -0.545 e. The Morgan fingerprint density at radius 1 is 0.852 bits per heavy atom. The number of carboxylic acid groups (broad SMARTS) is 2. The van der Waals surface area contributed by atoms with Gasteiger partial charge in [0.15, 0.2) is 0 Å². The molecule has 1 rings (SSSR count). The summed E-state index contributed by atoms with van der Waals surface area (Å²) in [6.45, 7) is 6.03. The molecule has 27 heavy (non-hydrogen) atoms. The van der Waals surface area contributed by atoms with Crippen LogP contribution in [0.15, 0.2) is 24.3 Å². The standard InChI is InChI=1S/C8H6O4.C8H18O.C2H6O2.2Na/c9-7(10)5-3-1-2-4-6(5)8(11)12;1-3-5-7-9-8-6-4-2;3-1-2-4;;/h1-4H,(H,9,10)(H,11,12);3-8H2,1-2H3;3-4H,1-2H2;;/q;;;2*+1/p-2. The van der Waals surface area contributed by atoms with Crippen molar-refractivity contribution in [2.75, 3.05) is 26.4 Å². The van der Waals surface area contributed by atoms with Gasteiger partial charge in [0.25, 0.3) is 0 Å². The Morgan fingerprint density at radius 3 is 1.41 bits per heavy atom. The topological polar surface area (TPSA) is 130 Å². The molecule has 0 aliphatic carbocycles. The average Bonchev–Trinajstić information content (AvgIpc) is 2.62. The zero-order chi connectivity index (χ0) is 19.5. The van der Waals surface area contributed by atoms with Crippen molar-refractivity contribution in [1.29, 1.82) is 0 Å². The van der Waals surface area contributed by atoms with Crippen molar-refractivity contribution in [3.63, 3.8) is 0 Å². The smallest absolute Gasteiger partial charge is 0.545 e. The molecule has 2 N–H and O–H groups in total. The Hall–Kier alpha value is 0.0400. The number of aromatic carboxylic acids is 2. The van der Waals surface area contributed by atoms with E-state index < -0.39 is 11.9 Å². The number of unbranched alkanes of at least 4 members (excludes halogenated alkanes) is 2.